The van der Waals surface area contributed by atoms with Crippen LogP contribution in [0, 0.1) is 5.92 Å². The maximum Gasteiger partial charge on any atom is 0.256 e. The molecule has 0 bridgehead atoms. The molecule has 1 aliphatic rings. The minimum absolute atomic E-state index is 0.0586. The van der Waals surface area contributed by atoms with Gasteiger partial charge in [-0.25, -0.2) is 4.68 Å². The molecule has 26 heavy (non-hydrogen) atoms. The summed E-state index contributed by atoms with van der Waals surface area (Å²) in [6, 6.07) is 8.85. The quantitative estimate of drug-likeness (QED) is 0.821. The lowest BCUT2D eigenvalue weighted by Gasteiger charge is -2.20. The zero-order valence-electron chi connectivity index (χ0n) is 15.2. The van der Waals surface area contributed by atoms with E-state index in [1.807, 2.05) is 6.07 Å². The van der Waals surface area contributed by atoms with Crippen LogP contribution in [-0.2, 0) is 11.3 Å². The Morgan fingerprint density at radius 1 is 1.15 bits per heavy atom. The molecular formula is C20H26N4O2. The fraction of sp³-hybridized carbons (Fsp3) is 0.450. The molecular weight excluding hydrogens is 328 g/mol. The van der Waals surface area contributed by atoms with Crippen LogP contribution in [0.15, 0.2) is 36.5 Å². The highest BCUT2D eigenvalue weighted by molar-refractivity contribution is 6.05. The smallest absolute Gasteiger partial charge is 0.256 e. The van der Waals surface area contributed by atoms with Gasteiger partial charge < -0.3 is 10.6 Å². The average molecular weight is 354 g/mol. The van der Waals surface area contributed by atoms with E-state index in [-0.39, 0.29) is 17.7 Å². The first kappa shape index (κ1) is 18.2. The van der Waals surface area contributed by atoms with Crippen molar-refractivity contribution in [1.82, 2.24) is 9.78 Å². The van der Waals surface area contributed by atoms with Crippen LogP contribution in [0.25, 0.3) is 0 Å². The Kier molecular flexibility index (Phi) is 6.04. The Morgan fingerprint density at radius 3 is 2.73 bits per heavy atom. The number of benzene rings is 1. The van der Waals surface area contributed by atoms with Gasteiger partial charge in [0, 0.05) is 29.8 Å². The predicted molar refractivity (Wildman–Crippen MR) is 102 cm³/mol. The van der Waals surface area contributed by atoms with Gasteiger partial charge in [0.25, 0.3) is 5.91 Å². The minimum atomic E-state index is -0.211. The summed E-state index contributed by atoms with van der Waals surface area (Å²) in [5, 5.41) is 10.1. The van der Waals surface area contributed by atoms with Crippen molar-refractivity contribution in [2.45, 2.75) is 52.0 Å². The summed E-state index contributed by atoms with van der Waals surface area (Å²) in [7, 11) is 0. The number of aromatic nitrogens is 2. The monoisotopic (exact) mass is 354 g/mol. The largest absolute Gasteiger partial charge is 0.326 e. The number of carbonyl (C=O) groups excluding carboxylic acids is 2. The lowest BCUT2D eigenvalue weighted by Crippen LogP contribution is -2.25. The van der Waals surface area contributed by atoms with E-state index in [1.54, 1.807) is 35.1 Å². The number of rotatable bonds is 6. The first-order chi connectivity index (χ1) is 12.7. The van der Waals surface area contributed by atoms with Crippen molar-refractivity contribution in [3.63, 3.8) is 0 Å². The molecule has 1 fully saturated rings. The van der Waals surface area contributed by atoms with Crippen molar-refractivity contribution in [2.24, 2.45) is 5.92 Å². The zero-order valence-corrected chi connectivity index (χ0v) is 15.2. The standard InChI is InChI=1S/C20H26N4O2/c1-2-13-24-18(11-12-21-24)23-20(26)16-9-6-10-17(14-16)22-19(25)15-7-4-3-5-8-15/h6,9-12,14-15H,2-5,7-8,13H2,1H3,(H,22,25)(H,23,26). The summed E-state index contributed by atoms with van der Waals surface area (Å²) < 4.78 is 1.77. The van der Waals surface area contributed by atoms with E-state index < -0.39 is 0 Å². The third-order valence-electron chi connectivity index (χ3n) is 4.76. The molecule has 6 nitrogen and oxygen atoms in total. The molecule has 0 aliphatic heterocycles. The number of carbonyl (C=O) groups is 2. The van der Waals surface area contributed by atoms with Gasteiger partial charge in [-0.1, -0.05) is 32.3 Å². The van der Waals surface area contributed by atoms with Gasteiger partial charge in [-0.2, -0.15) is 5.10 Å². The van der Waals surface area contributed by atoms with Crippen LogP contribution in [0.5, 0.6) is 0 Å². The average Bonchev–Trinajstić information content (AvgIpc) is 3.10. The Hall–Kier alpha value is -2.63. The second-order valence-electron chi connectivity index (χ2n) is 6.80. The van der Waals surface area contributed by atoms with Gasteiger partial charge in [0.15, 0.2) is 0 Å². The highest BCUT2D eigenvalue weighted by Crippen LogP contribution is 2.25. The first-order valence-electron chi connectivity index (χ1n) is 9.41. The molecule has 0 atom stereocenters. The Bertz CT molecular complexity index is 763. The summed E-state index contributed by atoms with van der Waals surface area (Å²) in [5.74, 6) is 0.609. The highest BCUT2D eigenvalue weighted by atomic mass is 16.2. The zero-order chi connectivity index (χ0) is 18.4. The molecule has 0 saturated heterocycles. The second kappa shape index (κ2) is 8.65. The summed E-state index contributed by atoms with van der Waals surface area (Å²) in [6.07, 6.45) is 7.96. The van der Waals surface area contributed by atoms with Crippen molar-refractivity contribution in [1.29, 1.82) is 0 Å². The number of amides is 2. The maximum absolute atomic E-state index is 12.5. The van der Waals surface area contributed by atoms with Crippen LogP contribution in [0.3, 0.4) is 0 Å². The van der Waals surface area contributed by atoms with Gasteiger partial charge in [0.1, 0.15) is 5.82 Å². The van der Waals surface area contributed by atoms with Gasteiger partial charge in [0.05, 0.1) is 6.20 Å². The normalized spacial score (nSPS) is 14.8. The minimum Gasteiger partial charge on any atom is -0.326 e. The molecule has 0 unspecified atom stereocenters. The van der Waals surface area contributed by atoms with Gasteiger partial charge in [-0.05, 0) is 37.5 Å². The fourth-order valence-electron chi connectivity index (χ4n) is 3.36. The second-order valence-corrected chi connectivity index (χ2v) is 6.80. The number of hydrogen-bond acceptors (Lipinski definition) is 3. The Labute approximate surface area is 154 Å². The van der Waals surface area contributed by atoms with Crippen molar-refractivity contribution >= 4 is 23.3 Å². The topological polar surface area (TPSA) is 76.0 Å². The summed E-state index contributed by atoms with van der Waals surface area (Å²) in [6.45, 7) is 2.81. The third kappa shape index (κ3) is 4.50. The molecule has 2 aromatic rings. The third-order valence-corrected chi connectivity index (χ3v) is 4.76. The number of hydrogen-bond donors (Lipinski definition) is 2. The molecule has 138 valence electrons. The van der Waals surface area contributed by atoms with Crippen LogP contribution < -0.4 is 10.6 Å². The highest BCUT2D eigenvalue weighted by Gasteiger charge is 2.21. The van der Waals surface area contributed by atoms with E-state index in [9.17, 15) is 9.59 Å². The number of nitrogens with one attached hydrogen (secondary N) is 2. The van der Waals surface area contributed by atoms with E-state index in [1.165, 1.54) is 6.42 Å². The lowest BCUT2D eigenvalue weighted by atomic mass is 9.88. The van der Waals surface area contributed by atoms with Crippen molar-refractivity contribution in [3.05, 3.63) is 42.1 Å². The maximum atomic E-state index is 12.5. The molecule has 1 saturated carbocycles. The SMILES string of the molecule is CCCn1nccc1NC(=O)c1cccc(NC(=O)C2CCCCC2)c1. The molecule has 0 radical (unpaired) electrons. The molecule has 2 amide bonds. The van der Waals surface area contributed by atoms with E-state index in [0.717, 1.165) is 38.6 Å². The number of aryl methyl sites for hydroxylation is 1. The van der Waals surface area contributed by atoms with E-state index in [4.69, 9.17) is 0 Å². The van der Waals surface area contributed by atoms with Crippen LogP contribution >= 0.6 is 0 Å². The van der Waals surface area contributed by atoms with E-state index >= 15 is 0 Å². The lowest BCUT2D eigenvalue weighted by molar-refractivity contribution is -0.120. The molecule has 1 aromatic heterocycles. The van der Waals surface area contributed by atoms with E-state index in [2.05, 4.69) is 22.7 Å². The molecule has 1 heterocycles. The van der Waals surface area contributed by atoms with Gasteiger partial charge >= 0.3 is 0 Å². The van der Waals surface area contributed by atoms with Crippen LogP contribution in [0.4, 0.5) is 11.5 Å². The molecule has 6 heteroatoms. The van der Waals surface area contributed by atoms with Gasteiger partial charge in [-0.15, -0.1) is 0 Å². The summed E-state index contributed by atoms with van der Waals surface area (Å²) in [4.78, 5) is 24.9. The van der Waals surface area contributed by atoms with Crippen LogP contribution in [-0.4, -0.2) is 21.6 Å². The predicted octanol–water partition coefficient (Wildman–Crippen LogP) is 4.06. The molecule has 1 aliphatic carbocycles. The first-order valence-corrected chi connectivity index (χ1v) is 9.41. The van der Waals surface area contributed by atoms with Crippen LogP contribution in [0.1, 0.15) is 55.8 Å². The van der Waals surface area contributed by atoms with Crippen LogP contribution in [0.2, 0.25) is 0 Å². The Balaban J connectivity index is 1.65. The fourth-order valence-corrected chi connectivity index (χ4v) is 3.36. The molecule has 1 aromatic carbocycles. The molecule has 2 N–H and O–H groups in total. The van der Waals surface area contributed by atoms with Crippen molar-refractivity contribution in [3.8, 4) is 0 Å². The van der Waals surface area contributed by atoms with E-state index in [0.29, 0.717) is 17.1 Å². The summed E-state index contributed by atoms with van der Waals surface area (Å²) in [5.41, 5.74) is 1.17. The van der Waals surface area contributed by atoms with Crippen molar-refractivity contribution < 1.29 is 9.59 Å². The van der Waals surface area contributed by atoms with Gasteiger partial charge in [-0.3, -0.25) is 9.59 Å². The van der Waals surface area contributed by atoms with Crippen molar-refractivity contribution in [2.75, 3.05) is 10.6 Å². The molecule has 3 rings (SSSR count). The summed E-state index contributed by atoms with van der Waals surface area (Å²) >= 11 is 0. The Morgan fingerprint density at radius 2 is 1.96 bits per heavy atom. The number of anilines is 2. The number of nitrogens with zero attached hydrogens (tertiary/aromatic N) is 2. The van der Waals surface area contributed by atoms with Gasteiger partial charge in [0.2, 0.25) is 5.91 Å². The molecule has 0 spiro atoms.